The van der Waals surface area contributed by atoms with E-state index in [4.69, 9.17) is 0 Å². The van der Waals surface area contributed by atoms with Crippen molar-refractivity contribution in [2.45, 2.75) is 53.5 Å². The molecular weight excluding hydrogens is 312 g/mol. The van der Waals surface area contributed by atoms with Crippen LogP contribution in [0.4, 0.5) is 11.4 Å². The number of amides is 1. The summed E-state index contributed by atoms with van der Waals surface area (Å²) in [7, 11) is 0. The second-order valence-corrected chi connectivity index (χ2v) is 6.64. The van der Waals surface area contributed by atoms with Gasteiger partial charge in [0.05, 0.1) is 17.9 Å². The Balaban J connectivity index is 2.44. The number of carbonyl (C=O) groups excluding carboxylic acids is 1. The highest BCUT2D eigenvalue weighted by Gasteiger charge is 2.11. The third-order valence-electron chi connectivity index (χ3n) is 4.49. The molecule has 0 aliphatic rings. The smallest absolute Gasteiger partial charge is 0.238 e. The van der Waals surface area contributed by atoms with Crippen molar-refractivity contribution < 1.29 is 4.79 Å². The van der Waals surface area contributed by atoms with Gasteiger partial charge in [-0.15, -0.1) is 0 Å². The molecule has 1 unspecified atom stereocenters. The molecule has 0 spiro atoms. The van der Waals surface area contributed by atoms with Crippen LogP contribution < -0.4 is 10.6 Å². The van der Waals surface area contributed by atoms with E-state index in [-0.39, 0.29) is 5.91 Å². The highest BCUT2D eigenvalue weighted by molar-refractivity contribution is 5.95. The quantitative estimate of drug-likeness (QED) is 0.601. The number of benzene rings is 1. The summed E-state index contributed by atoms with van der Waals surface area (Å²) in [5.74, 6) is -0.0505. The zero-order chi connectivity index (χ0) is 18.8. The van der Waals surface area contributed by atoms with Gasteiger partial charge >= 0.3 is 0 Å². The van der Waals surface area contributed by atoms with Crippen molar-refractivity contribution in [1.82, 2.24) is 10.2 Å². The van der Waals surface area contributed by atoms with E-state index in [2.05, 4.69) is 48.0 Å². The molecule has 1 aromatic rings. The van der Waals surface area contributed by atoms with E-state index in [1.807, 2.05) is 26.0 Å². The predicted octanol–water partition coefficient (Wildman–Crippen LogP) is 3.67. The number of carbonyl (C=O) groups is 1. The van der Waals surface area contributed by atoms with Crippen LogP contribution in [0.25, 0.3) is 0 Å². The first kappa shape index (κ1) is 21.3. The van der Waals surface area contributed by atoms with Crippen LogP contribution in [0, 0.1) is 13.8 Å². The Morgan fingerprint density at radius 3 is 2.56 bits per heavy atom. The van der Waals surface area contributed by atoms with Gasteiger partial charge in [-0.25, -0.2) is 0 Å². The number of hydrogen-bond donors (Lipinski definition) is 2. The van der Waals surface area contributed by atoms with Gasteiger partial charge < -0.3 is 15.5 Å². The van der Waals surface area contributed by atoms with Gasteiger partial charge in [-0.05, 0) is 77.2 Å². The van der Waals surface area contributed by atoms with E-state index >= 15 is 0 Å². The SMILES string of the molecule is C=Nc1c(C)cc(C)cc1NC(=O)CNC(C)CCCN(CC)CC. The maximum Gasteiger partial charge on any atom is 0.238 e. The predicted molar refractivity (Wildman–Crippen MR) is 108 cm³/mol. The molecule has 2 N–H and O–H groups in total. The van der Waals surface area contributed by atoms with Crippen LogP contribution in [0.15, 0.2) is 17.1 Å². The van der Waals surface area contributed by atoms with E-state index in [0.717, 1.165) is 55.0 Å². The van der Waals surface area contributed by atoms with Gasteiger partial charge in [0.15, 0.2) is 0 Å². The largest absolute Gasteiger partial charge is 0.323 e. The Morgan fingerprint density at radius 2 is 1.96 bits per heavy atom. The molecule has 0 aliphatic heterocycles. The minimum Gasteiger partial charge on any atom is -0.323 e. The Bertz CT molecular complexity index is 567. The highest BCUT2D eigenvalue weighted by Crippen LogP contribution is 2.29. The van der Waals surface area contributed by atoms with Crippen LogP contribution >= 0.6 is 0 Å². The second-order valence-electron chi connectivity index (χ2n) is 6.64. The fourth-order valence-corrected chi connectivity index (χ4v) is 2.99. The summed E-state index contributed by atoms with van der Waals surface area (Å²) >= 11 is 0. The van der Waals surface area contributed by atoms with Gasteiger partial charge in [0.2, 0.25) is 5.91 Å². The molecule has 5 nitrogen and oxygen atoms in total. The van der Waals surface area contributed by atoms with E-state index in [0.29, 0.717) is 12.6 Å². The van der Waals surface area contributed by atoms with Crippen molar-refractivity contribution in [3.8, 4) is 0 Å². The van der Waals surface area contributed by atoms with E-state index in [9.17, 15) is 4.79 Å². The van der Waals surface area contributed by atoms with Gasteiger partial charge in [-0.2, -0.15) is 0 Å². The Hall–Kier alpha value is -1.72. The van der Waals surface area contributed by atoms with E-state index in [1.165, 1.54) is 0 Å². The zero-order valence-electron chi connectivity index (χ0n) is 16.5. The van der Waals surface area contributed by atoms with Gasteiger partial charge in [0.25, 0.3) is 0 Å². The highest BCUT2D eigenvalue weighted by atomic mass is 16.1. The lowest BCUT2D eigenvalue weighted by molar-refractivity contribution is -0.115. The van der Waals surface area contributed by atoms with Gasteiger partial charge in [0, 0.05) is 6.04 Å². The van der Waals surface area contributed by atoms with Crippen LogP contribution in [0.3, 0.4) is 0 Å². The number of anilines is 1. The molecule has 0 fully saturated rings. The summed E-state index contributed by atoms with van der Waals surface area (Å²) in [6.45, 7) is 17.7. The molecule has 5 heteroatoms. The van der Waals surface area contributed by atoms with Crippen LogP contribution in [0.1, 0.15) is 44.7 Å². The molecular formula is C20H34N4O. The summed E-state index contributed by atoms with van der Waals surface area (Å²) < 4.78 is 0. The zero-order valence-corrected chi connectivity index (χ0v) is 16.5. The molecule has 0 heterocycles. The molecule has 0 aromatic heterocycles. The van der Waals surface area contributed by atoms with Gasteiger partial charge in [0.1, 0.15) is 0 Å². The molecule has 0 bridgehead atoms. The van der Waals surface area contributed by atoms with Crippen molar-refractivity contribution in [3.63, 3.8) is 0 Å². The first-order valence-corrected chi connectivity index (χ1v) is 9.24. The summed E-state index contributed by atoms with van der Waals surface area (Å²) in [5, 5.41) is 6.25. The van der Waals surface area contributed by atoms with Crippen molar-refractivity contribution in [3.05, 3.63) is 23.3 Å². The molecule has 1 amide bonds. The lowest BCUT2D eigenvalue weighted by Crippen LogP contribution is -2.35. The van der Waals surface area contributed by atoms with Crippen molar-refractivity contribution in [1.29, 1.82) is 0 Å². The van der Waals surface area contributed by atoms with Crippen molar-refractivity contribution in [2.24, 2.45) is 4.99 Å². The molecule has 25 heavy (non-hydrogen) atoms. The molecule has 1 rings (SSSR count). The first-order valence-electron chi connectivity index (χ1n) is 9.24. The van der Waals surface area contributed by atoms with Crippen molar-refractivity contribution in [2.75, 3.05) is 31.5 Å². The Morgan fingerprint density at radius 1 is 1.28 bits per heavy atom. The number of nitrogens with one attached hydrogen (secondary N) is 2. The number of rotatable bonds is 11. The summed E-state index contributed by atoms with van der Waals surface area (Å²) in [4.78, 5) is 18.7. The fourth-order valence-electron chi connectivity index (χ4n) is 2.99. The van der Waals surface area contributed by atoms with Crippen LogP contribution in [0.2, 0.25) is 0 Å². The van der Waals surface area contributed by atoms with E-state index < -0.39 is 0 Å². The first-order chi connectivity index (χ1) is 11.9. The van der Waals surface area contributed by atoms with Gasteiger partial charge in [-0.3, -0.25) is 9.79 Å². The summed E-state index contributed by atoms with van der Waals surface area (Å²) in [6.07, 6.45) is 2.20. The monoisotopic (exact) mass is 346 g/mol. The van der Waals surface area contributed by atoms with Crippen LogP contribution in [-0.2, 0) is 4.79 Å². The summed E-state index contributed by atoms with van der Waals surface area (Å²) in [6, 6.07) is 4.29. The second kappa shape index (κ2) is 11.0. The third kappa shape index (κ3) is 7.36. The number of hydrogen-bond acceptors (Lipinski definition) is 4. The Labute approximate surface area is 152 Å². The lowest BCUT2D eigenvalue weighted by Gasteiger charge is -2.19. The number of aryl methyl sites for hydroxylation is 2. The molecule has 1 atom stereocenters. The minimum atomic E-state index is -0.0505. The maximum absolute atomic E-state index is 12.2. The Kier molecular flexibility index (Phi) is 9.39. The topological polar surface area (TPSA) is 56.7 Å². The molecule has 0 aliphatic carbocycles. The molecule has 1 aromatic carbocycles. The standard InChI is InChI=1S/C20H34N4O/c1-7-24(8-2)11-9-10-17(5)22-14-19(25)23-18-13-15(3)12-16(4)20(18)21-6/h12-13,17,22H,6-11,14H2,1-5H3,(H,23,25). The van der Waals surface area contributed by atoms with Crippen LogP contribution in [0.5, 0.6) is 0 Å². The minimum absolute atomic E-state index is 0.0505. The normalized spacial score (nSPS) is 12.2. The lowest BCUT2D eigenvalue weighted by atomic mass is 10.1. The van der Waals surface area contributed by atoms with Crippen molar-refractivity contribution >= 4 is 24.0 Å². The molecule has 0 radical (unpaired) electrons. The summed E-state index contributed by atoms with van der Waals surface area (Å²) in [5.41, 5.74) is 3.58. The number of nitrogens with zero attached hydrogens (tertiary/aromatic N) is 2. The fraction of sp³-hybridized carbons (Fsp3) is 0.600. The number of aliphatic imine (C=N–C) groups is 1. The average Bonchev–Trinajstić information content (AvgIpc) is 2.56. The maximum atomic E-state index is 12.2. The van der Waals surface area contributed by atoms with E-state index in [1.54, 1.807) is 0 Å². The molecule has 0 saturated heterocycles. The molecule has 0 saturated carbocycles. The van der Waals surface area contributed by atoms with Crippen LogP contribution in [-0.4, -0.2) is 49.7 Å². The third-order valence-corrected chi connectivity index (χ3v) is 4.49. The van der Waals surface area contributed by atoms with Gasteiger partial charge in [-0.1, -0.05) is 19.9 Å². The molecule has 140 valence electrons. The average molecular weight is 347 g/mol.